The van der Waals surface area contributed by atoms with Crippen molar-refractivity contribution < 1.29 is 8.78 Å². The van der Waals surface area contributed by atoms with Gasteiger partial charge in [-0.05, 0) is 36.2 Å². The maximum Gasteiger partial charge on any atom is 0.151 e. The van der Waals surface area contributed by atoms with Gasteiger partial charge in [-0.25, -0.2) is 8.78 Å². The molecule has 0 bridgehead atoms. The third kappa shape index (κ3) is 3.04. The molecule has 0 heterocycles. The van der Waals surface area contributed by atoms with Gasteiger partial charge < -0.3 is 11.1 Å². The maximum atomic E-state index is 13.4. The predicted molar refractivity (Wildman–Crippen MR) is 77.6 cm³/mol. The Labute approximate surface area is 118 Å². The molecule has 2 nitrogen and oxygen atoms in total. The molecule has 0 spiro atoms. The second-order valence-electron chi connectivity index (χ2n) is 4.13. The number of hydrogen-bond donors (Lipinski definition) is 2. The summed E-state index contributed by atoms with van der Waals surface area (Å²) in [6.07, 6.45) is 0.791. The van der Waals surface area contributed by atoms with Crippen LogP contribution in [-0.2, 0) is 6.42 Å². The summed E-state index contributed by atoms with van der Waals surface area (Å²) in [7, 11) is 0. The van der Waals surface area contributed by atoms with E-state index in [0.29, 0.717) is 0 Å². The number of rotatable bonds is 3. The average molecular weight is 327 g/mol. The van der Waals surface area contributed by atoms with Crippen molar-refractivity contribution in [1.29, 1.82) is 0 Å². The second kappa shape index (κ2) is 5.57. The maximum absolute atomic E-state index is 13.4. The fraction of sp³-hybridized carbons (Fsp3) is 0.143. The van der Waals surface area contributed by atoms with Gasteiger partial charge in [0, 0.05) is 16.2 Å². The molecule has 0 aromatic heterocycles. The number of nitrogens with two attached hydrogens (primary N) is 1. The standard InChI is InChI=1S/C14H13BrF2N2/c1-2-8-5-9(15)3-4-12(8)19-13-7-10(16)6-11(17)14(13)18/h3-7,19H,2,18H2,1H3. The van der Waals surface area contributed by atoms with Crippen molar-refractivity contribution >= 4 is 33.0 Å². The van der Waals surface area contributed by atoms with Crippen LogP contribution in [0, 0.1) is 11.6 Å². The molecule has 0 unspecified atom stereocenters. The molecule has 0 aliphatic heterocycles. The van der Waals surface area contributed by atoms with Crippen LogP contribution in [-0.4, -0.2) is 0 Å². The molecule has 0 saturated carbocycles. The predicted octanol–water partition coefficient (Wildman–Crippen LogP) is 4.62. The Kier molecular flexibility index (Phi) is 4.04. The summed E-state index contributed by atoms with van der Waals surface area (Å²) in [6, 6.07) is 7.59. The molecule has 0 fully saturated rings. The van der Waals surface area contributed by atoms with E-state index >= 15 is 0 Å². The van der Waals surface area contributed by atoms with E-state index in [1.165, 1.54) is 6.07 Å². The second-order valence-corrected chi connectivity index (χ2v) is 5.04. The van der Waals surface area contributed by atoms with E-state index < -0.39 is 11.6 Å². The Bertz CT molecular complexity index is 615. The Morgan fingerprint density at radius 2 is 1.89 bits per heavy atom. The Balaban J connectivity index is 2.41. The molecule has 0 aliphatic carbocycles. The number of halogens is 3. The van der Waals surface area contributed by atoms with E-state index in [2.05, 4.69) is 21.2 Å². The summed E-state index contributed by atoms with van der Waals surface area (Å²) < 4.78 is 27.5. The largest absolute Gasteiger partial charge is 0.395 e. The van der Waals surface area contributed by atoms with Crippen molar-refractivity contribution in [2.24, 2.45) is 0 Å². The van der Waals surface area contributed by atoms with Crippen molar-refractivity contribution in [3.63, 3.8) is 0 Å². The van der Waals surface area contributed by atoms with E-state index in [-0.39, 0.29) is 11.4 Å². The molecule has 0 atom stereocenters. The molecule has 2 aromatic rings. The van der Waals surface area contributed by atoms with E-state index in [1.807, 2.05) is 25.1 Å². The molecule has 5 heteroatoms. The fourth-order valence-electron chi connectivity index (χ4n) is 1.81. The molecule has 100 valence electrons. The van der Waals surface area contributed by atoms with Crippen molar-refractivity contribution in [2.45, 2.75) is 13.3 Å². The lowest BCUT2D eigenvalue weighted by Crippen LogP contribution is -2.02. The average Bonchev–Trinajstić information content (AvgIpc) is 2.37. The molecule has 0 saturated heterocycles. The van der Waals surface area contributed by atoms with Crippen LogP contribution < -0.4 is 11.1 Å². The number of nitrogen functional groups attached to an aromatic ring is 1. The van der Waals surface area contributed by atoms with Gasteiger partial charge in [0.1, 0.15) is 5.82 Å². The van der Waals surface area contributed by atoms with Crippen molar-refractivity contribution in [2.75, 3.05) is 11.1 Å². The van der Waals surface area contributed by atoms with Crippen LogP contribution in [0.15, 0.2) is 34.8 Å². The molecule has 0 aliphatic rings. The lowest BCUT2D eigenvalue weighted by molar-refractivity contribution is 0.587. The summed E-state index contributed by atoms with van der Waals surface area (Å²) in [4.78, 5) is 0. The first-order valence-corrected chi connectivity index (χ1v) is 6.60. The first-order valence-electron chi connectivity index (χ1n) is 5.81. The van der Waals surface area contributed by atoms with Gasteiger partial charge in [0.15, 0.2) is 5.82 Å². The Morgan fingerprint density at radius 3 is 2.58 bits per heavy atom. The number of nitrogens with one attached hydrogen (secondary N) is 1. The first kappa shape index (κ1) is 13.8. The van der Waals surface area contributed by atoms with E-state index in [9.17, 15) is 8.78 Å². The first-order chi connectivity index (χ1) is 9.01. The van der Waals surface area contributed by atoms with Crippen LogP contribution in [0.4, 0.5) is 25.8 Å². The molecule has 0 radical (unpaired) electrons. The lowest BCUT2D eigenvalue weighted by Gasteiger charge is -2.14. The summed E-state index contributed by atoms with van der Waals surface area (Å²) in [5.41, 5.74) is 7.55. The minimum absolute atomic E-state index is 0.0913. The van der Waals surface area contributed by atoms with Crippen molar-refractivity contribution in [3.05, 3.63) is 52.0 Å². The normalized spacial score (nSPS) is 10.5. The molecule has 19 heavy (non-hydrogen) atoms. The van der Waals surface area contributed by atoms with Gasteiger partial charge in [-0.1, -0.05) is 22.9 Å². The van der Waals surface area contributed by atoms with Gasteiger partial charge in [-0.15, -0.1) is 0 Å². The highest BCUT2D eigenvalue weighted by Gasteiger charge is 2.10. The van der Waals surface area contributed by atoms with Crippen LogP contribution in [0.25, 0.3) is 0 Å². The summed E-state index contributed by atoms with van der Waals surface area (Å²) in [5, 5.41) is 2.97. The van der Waals surface area contributed by atoms with Crippen LogP contribution in [0.3, 0.4) is 0 Å². The van der Waals surface area contributed by atoms with Crippen LogP contribution in [0.5, 0.6) is 0 Å². The summed E-state index contributed by atoms with van der Waals surface area (Å²) in [6.45, 7) is 2.00. The van der Waals surface area contributed by atoms with E-state index in [1.54, 1.807) is 0 Å². The minimum Gasteiger partial charge on any atom is -0.395 e. The molecular weight excluding hydrogens is 314 g/mol. The van der Waals surface area contributed by atoms with Gasteiger partial charge in [0.25, 0.3) is 0 Å². The molecule has 2 aromatic carbocycles. The number of benzene rings is 2. The zero-order chi connectivity index (χ0) is 14.0. The van der Waals surface area contributed by atoms with E-state index in [4.69, 9.17) is 5.73 Å². The highest BCUT2D eigenvalue weighted by molar-refractivity contribution is 9.10. The Hall–Kier alpha value is -1.62. The van der Waals surface area contributed by atoms with Gasteiger partial charge >= 0.3 is 0 Å². The minimum atomic E-state index is -0.766. The number of hydrogen-bond acceptors (Lipinski definition) is 2. The monoisotopic (exact) mass is 326 g/mol. The SMILES string of the molecule is CCc1cc(Br)ccc1Nc1cc(F)cc(F)c1N. The van der Waals surface area contributed by atoms with Crippen molar-refractivity contribution in [3.8, 4) is 0 Å². The van der Waals surface area contributed by atoms with Crippen LogP contribution in [0.2, 0.25) is 0 Å². The van der Waals surface area contributed by atoms with E-state index in [0.717, 1.165) is 28.2 Å². The van der Waals surface area contributed by atoms with Gasteiger partial charge in [-0.3, -0.25) is 0 Å². The van der Waals surface area contributed by atoms with Gasteiger partial charge in [0.2, 0.25) is 0 Å². The Morgan fingerprint density at radius 1 is 1.16 bits per heavy atom. The lowest BCUT2D eigenvalue weighted by atomic mass is 10.1. The highest BCUT2D eigenvalue weighted by Crippen LogP contribution is 2.30. The topological polar surface area (TPSA) is 38.0 Å². The zero-order valence-corrected chi connectivity index (χ0v) is 11.9. The molecule has 3 N–H and O–H groups in total. The zero-order valence-electron chi connectivity index (χ0n) is 10.3. The molecule has 0 amide bonds. The summed E-state index contributed by atoms with van der Waals surface area (Å²) >= 11 is 3.39. The number of anilines is 3. The van der Waals surface area contributed by atoms with Crippen molar-refractivity contribution in [1.82, 2.24) is 0 Å². The highest BCUT2D eigenvalue weighted by atomic mass is 79.9. The number of aryl methyl sites for hydroxylation is 1. The van der Waals surface area contributed by atoms with Gasteiger partial charge in [0.05, 0.1) is 11.4 Å². The molecular formula is C14H13BrF2N2. The van der Waals surface area contributed by atoms with Crippen LogP contribution >= 0.6 is 15.9 Å². The third-order valence-corrected chi connectivity index (χ3v) is 3.31. The fourth-order valence-corrected chi connectivity index (χ4v) is 2.22. The van der Waals surface area contributed by atoms with Crippen LogP contribution in [0.1, 0.15) is 12.5 Å². The smallest absolute Gasteiger partial charge is 0.151 e. The molecule has 2 rings (SSSR count). The van der Waals surface area contributed by atoms with Gasteiger partial charge in [-0.2, -0.15) is 0 Å². The quantitative estimate of drug-likeness (QED) is 0.808. The third-order valence-electron chi connectivity index (χ3n) is 2.81. The summed E-state index contributed by atoms with van der Waals surface area (Å²) in [5.74, 6) is -1.43.